The van der Waals surface area contributed by atoms with Gasteiger partial charge in [-0.2, -0.15) is 0 Å². The zero-order chi connectivity index (χ0) is 12.1. The Hall–Kier alpha value is -2.15. The van der Waals surface area contributed by atoms with Crippen LogP contribution in [0.1, 0.15) is 10.4 Å². The van der Waals surface area contributed by atoms with E-state index in [1.54, 1.807) is 0 Å². The number of nitrogens with two attached hydrogens (primary N) is 2. The first-order valence-corrected chi connectivity index (χ1v) is 4.26. The van der Waals surface area contributed by atoms with Crippen molar-refractivity contribution >= 4 is 11.8 Å². The van der Waals surface area contributed by atoms with Gasteiger partial charge in [0.15, 0.2) is 6.61 Å². The molecule has 1 aromatic rings. The van der Waals surface area contributed by atoms with Crippen LogP contribution >= 0.6 is 0 Å². The molecule has 0 aliphatic rings. The summed E-state index contributed by atoms with van der Waals surface area (Å²) in [6, 6.07) is 3.46. The third-order valence-corrected chi connectivity index (χ3v) is 1.74. The van der Waals surface area contributed by atoms with Crippen molar-refractivity contribution < 1.29 is 18.7 Å². The molecular formula is C9H10FN3O3. The van der Waals surface area contributed by atoms with Crippen molar-refractivity contribution in [3.05, 3.63) is 29.6 Å². The van der Waals surface area contributed by atoms with Crippen LogP contribution in [0.2, 0.25) is 0 Å². The van der Waals surface area contributed by atoms with E-state index >= 15 is 0 Å². The van der Waals surface area contributed by atoms with E-state index in [4.69, 9.17) is 16.3 Å². The lowest BCUT2D eigenvalue weighted by Gasteiger charge is -2.06. The van der Waals surface area contributed by atoms with E-state index in [1.807, 2.05) is 5.43 Å². The minimum absolute atomic E-state index is 0.103. The molecule has 6 nitrogen and oxygen atoms in total. The Morgan fingerprint density at radius 3 is 2.62 bits per heavy atom. The lowest BCUT2D eigenvalue weighted by atomic mass is 10.2. The Morgan fingerprint density at radius 1 is 1.44 bits per heavy atom. The fraction of sp³-hybridized carbons (Fsp3) is 0.111. The average molecular weight is 227 g/mol. The summed E-state index contributed by atoms with van der Waals surface area (Å²) in [5, 5.41) is 0. The van der Waals surface area contributed by atoms with E-state index in [1.165, 1.54) is 12.1 Å². The summed E-state index contributed by atoms with van der Waals surface area (Å²) < 4.78 is 18.1. The number of hydrazine groups is 1. The van der Waals surface area contributed by atoms with Crippen molar-refractivity contribution in [3.8, 4) is 5.75 Å². The van der Waals surface area contributed by atoms with Crippen LogP contribution in [0, 0.1) is 5.82 Å². The van der Waals surface area contributed by atoms with E-state index in [0.29, 0.717) is 0 Å². The zero-order valence-corrected chi connectivity index (χ0v) is 8.20. The van der Waals surface area contributed by atoms with Crippen LogP contribution in [0.15, 0.2) is 18.2 Å². The molecule has 0 aliphatic carbocycles. The number of nitrogens with one attached hydrogen (secondary N) is 1. The monoisotopic (exact) mass is 227 g/mol. The van der Waals surface area contributed by atoms with Crippen LogP contribution < -0.4 is 21.7 Å². The first-order chi connectivity index (χ1) is 7.54. The Kier molecular flexibility index (Phi) is 3.78. The number of carbonyl (C=O) groups is 2. The van der Waals surface area contributed by atoms with Crippen molar-refractivity contribution in [1.29, 1.82) is 0 Å². The Bertz CT molecular complexity index is 422. The third kappa shape index (κ3) is 2.92. The molecule has 5 N–H and O–H groups in total. The standard InChI is InChI=1S/C9H10FN3O3/c10-7-3-5(16-4-8(14)13-12)1-2-6(7)9(11)15/h1-3H,4,12H2,(H2,11,15)(H,13,14). The second-order valence-electron chi connectivity index (χ2n) is 2.86. The lowest BCUT2D eigenvalue weighted by Crippen LogP contribution is -2.34. The SMILES string of the molecule is NNC(=O)COc1ccc(C(N)=O)c(F)c1. The van der Waals surface area contributed by atoms with E-state index in [0.717, 1.165) is 6.07 Å². The fourth-order valence-electron chi connectivity index (χ4n) is 0.976. The molecule has 0 unspecified atom stereocenters. The summed E-state index contributed by atoms with van der Waals surface area (Å²) in [7, 11) is 0. The largest absolute Gasteiger partial charge is 0.484 e. The van der Waals surface area contributed by atoms with Gasteiger partial charge >= 0.3 is 0 Å². The Labute approximate surface area is 90.3 Å². The van der Waals surface area contributed by atoms with Crippen LogP contribution in [-0.4, -0.2) is 18.4 Å². The van der Waals surface area contributed by atoms with Gasteiger partial charge in [-0.1, -0.05) is 0 Å². The van der Waals surface area contributed by atoms with Gasteiger partial charge in [0.2, 0.25) is 0 Å². The number of hydrogen-bond acceptors (Lipinski definition) is 4. The van der Waals surface area contributed by atoms with Gasteiger partial charge in [0.25, 0.3) is 11.8 Å². The average Bonchev–Trinajstić information content (AvgIpc) is 2.25. The first-order valence-electron chi connectivity index (χ1n) is 4.26. The highest BCUT2D eigenvalue weighted by Gasteiger charge is 2.09. The molecule has 86 valence electrons. The number of rotatable bonds is 4. The van der Waals surface area contributed by atoms with Gasteiger partial charge in [-0.25, -0.2) is 10.2 Å². The van der Waals surface area contributed by atoms with Crippen molar-refractivity contribution in [2.75, 3.05) is 6.61 Å². The van der Waals surface area contributed by atoms with Gasteiger partial charge in [0, 0.05) is 6.07 Å². The lowest BCUT2D eigenvalue weighted by molar-refractivity contribution is -0.123. The first kappa shape index (κ1) is 11.9. The molecule has 0 fully saturated rings. The zero-order valence-electron chi connectivity index (χ0n) is 8.20. The highest BCUT2D eigenvalue weighted by molar-refractivity contribution is 5.93. The second kappa shape index (κ2) is 5.08. The molecule has 0 saturated heterocycles. The second-order valence-corrected chi connectivity index (χ2v) is 2.86. The van der Waals surface area contributed by atoms with E-state index < -0.39 is 17.6 Å². The highest BCUT2D eigenvalue weighted by atomic mass is 19.1. The molecular weight excluding hydrogens is 217 g/mol. The summed E-state index contributed by atoms with van der Waals surface area (Å²) in [4.78, 5) is 21.4. The summed E-state index contributed by atoms with van der Waals surface area (Å²) in [6.45, 7) is -0.341. The minimum atomic E-state index is -0.872. The predicted octanol–water partition coefficient (Wildman–Crippen LogP) is -0.707. The van der Waals surface area contributed by atoms with Crippen molar-refractivity contribution in [2.45, 2.75) is 0 Å². The van der Waals surface area contributed by atoms with Crippen LogP contribution in [0.5, 0.6) is 5.75 Å². The number of benzene rings is 1. The van der Waals surface area contributed by atoms with Gasteiger partial charge in [0.05, 0.1) is 5.56 Å². The Morgan fingerprint density at radius 2 is 2.12 bits per heavy atom. The van der Waals surface area contributed by atoms with Crippen LogP contribution in [0.25, 0.3) is 0 Å². The third-order valence-electron chi connectivity index (χ3n) is 1.74. The van der Waals surface area contributed by atoms with Gasteiger partial charge in [-0.05, 0) is 12.1 Å². The minimum Gasteiger partial charge on any atom is -0.484 e. The predicted molar refractivity (Wildman–Crippen MR) is 52.7 cm³/mol. The molecule has 0 bridgehead atoms. The van der Waals surface area contributed by atoms with Crippen LogP contribution in [0.4, 0.5) is 4.39 Å². The Balaban J connectivity index is 2.74. The molecule has 0 aromatic heterocycles. The molecule has 1 aromatic carbocycles. The summed E-state index contributed by atoms with van der Waals surface area (Å²) in [5.74, 6) is 2.68. The fourth-order valence-corrected chi connectivity index (χ4v) is 0.976. The molecule has 0 radical (unpaired) electrons. The number of ether oxygens (including phenoxy) is 1. The number of hydrogen-bond donors (Lipinski definition) is 3. The quantitative estimate of drug-likeness (QED) is 0.359. The normalized spacial score (nSPS) is 9.62. The molecule has 16 heavy (non-hydrogen) atoms. The topological polar surface area (TPSA) is 107 Å². The molecule has 1 rings (SSSR count). The van der Waals surface area contributed by atoms with Crippen LogP contribution in [-0.2, 0) is 4.79 Å². The smallest absolute Gasteiger partial charge is 0.271 e. The van der Waals surface area contributed by atoms with Crippen molar-refractivity contribution in [3.63, 3.8) is 0 Å². The number of halogens is 1. The van der Waals surface area contributed by atoms with Crippen molar-refractivity contribution in [2.24, 2.45) is 11.6 Å². The van der Waals surface area contributed by atoms with Gasteiger partial charge in [0.1, 0.15) is 11.6 Å². The molecule has 0 atom stereocenters. The molecule has 0 saturated carbocycles. The number of primary amides is 1. The van der Waals surface area contributed by atoms with Crippen LogP contribution in [0.3, 0.4) is 0 Å². The van der Waals surface area contributed by atoms with Crippen molar-refractivity contribution in [1.82, 2.24) is 5.43 Å². The molecule has 2 amide bonds. The molecule has 0 aliphatic heterocycles. The van der Waals surface area contributed by atoms with Gasteiger partial charge in [-0.15, -0.1) is 0 Å². The number of carbonyl (C=O) groups excluding carboxylic acids is 2. The summed E-state index contributed by atoms with van der Waals surface area (Å²) in [5.41, 5.74) is 6.52. The maximum absolute atomic E-state index is 13.2. The highest BCUT2D eigenvalue weighted by Crippen LogP contribution is 2.16. The molecule has 7 heteroatoms. The maximum Gasteiger partial charge on any atom is 0.271 e. The maximum atomic E-state index is 13.2. The molecule has 0 spiro atoms. The summed E-state index contributed by atoms with van der Waals surface area (Å²) >= 11 is 0. The van der Waals surface area contributed by atoms with E-state index in [9.17, 15) is 14.0 Å². The van der Waals surface area contributed by atoms with Gasteiger partial charge in [-0.3, -0.25) is 15.0 Å². The van der Waals surface area contributed by atoms with E-state index in [-0.39, 0.29) is 17.9 Å². The number of amides is 2. The molecule has 0 heterocycles. The summed E-state index contributed by atoms with van der Waals surface area (Å²) in [6.07, 6.45) is 0. The van der Waals surface area contributed by atoms with E-state index in [2.05, 4.69) is 0 Å². The van der Waals surface area contributed by atoms with Gasteiger partial charge < -0.3 is 10.5 Å².